The number of benzene rings is 1. The molecule has 3 unspecified atom stereocenters. The number of ether oxygens (including phenoxy) is 2. The fraction of sp³-hybridized carbons (Fsp3) is 0.600. The Bertz CT molecular complexity index is 407. The predicted molar refractivity (Wildman–Crippen MR) is 70.8 cm³/mol. The SMILES string of the molecule is CCOc1cccc(CNC2CC3CCC2O3)c1. The summed E-state index contributed by atoms with van der Waals surface area (Å²) in [5.74, 6) is 0.959. The van der Waals surface area contributed by atoms with Gasteiger partial charge in [-0.25, -0.2) is 0 Å². The molecule has 0 radical (unpaired) electrons. The molecule has 2 heterocycles. The molecule has 1 aromatic rings. The molecule has 18 heavy (non-hydrogen) atoms. The predicted octanol–water partition coefficient (Wildman–Crippen LogP) is 2.49. The van der Waals surface area contributed by atoms with Crippen LogP contribution in [-0.4, -0.2) is 24.9 Å². The highest BCUT2D eigenvalue weighted by molar-refractivity contribution is 5.28. The minimum Gasteiger partial charge on any atom is -0.494 e. The van der Waals surface area contributed by atoms with Crippen molar-refractivity contribution in [2.75, 3.05) is 6.61 Å². The van der Waals surface area contributed by atoms with Gasteiger partial charge in [-0.05, 0) is 43.9 Å². The Morgan fingerprint density at radius 3 is 3.06 bits per heavy atom. The third kappa shape index (κ3) is 2.52. The molecule has 1 N–H and O–H groups in total. The van der Waals surface area contributed by atoms with Crippen LogP contribution in [0.3, 0.4) is 0 Å². The van der Waals surface area contributed by atoms with Gasteiger partial charge in [0.05, 0.1) is 18.8 Å². The molecule has 98 valence electrons. The van der Waals surface area contributed by atoms with E-state index >= 15 is 0 Å². The molecule has 0 spiro atoms. The van der Waals surface area contributed by atoms with E-state index in [-0.39, 0.29) is 0 Å². The van der Waals surface area contributed by atoms with E-state index < -0.39 is 0 Å². The summed E-state index contributed by atoms with van der Waals surface area (Å²) < 4.78 is 11.4. The van der Waals surface area contributed by atoms with Crippen LogP contribution in [0.25, 0.3) is 0 Å². The van der Waals surface area contributed by atoms with Gasteiger partial charge in [0.1, 0.15) is 5.75 Å². The number of hydrogen-bond acceptors (Lipinski definition) is 3. The summed E-state index contributed by atoms with van der Waals surface area (Å²) in [5, 5.41) is 3.62. The molecule has 2 aliphatic rings. The fourth-order valence-corrected chi connectivity index (χ4v) is 3.01. The second kappa shape index (κ2) is 5.29. The lowest BCUT2D eigenvalue weighted by Crippen LogP contribution is -2.36. The summed E-state index contributed by atoms with van der Waals surface area (Å²) in [6.07, 6.45) is 4.62. The average Bonchev–Trinajstić information content (AvgIpc) is 2.99. The molecule has 0 aromatic heterocycles. The van der Waals surface area contributed by atoms with Gasteiger partial charge in [0, 0.05) is 12.6 Å². The molecule has 2 aliphatic heterocycles. The summed E-state index contributed by atoms with van der Waals surface area (Å²) in [6.45, 7) is 3.63. The van der Waals surface area contributed by atoms with Gasteiger partial charge in [0.2, 0.25) is 0 Å². The highest BCUT2D eigenvalue weighted by Crippen LogP contribution is 2.34. The van der Waals surface area contributed by atoms with Gasteiger partial charge in [-0.15, -0.1) is 0 Å². The lowest BCUT2D eigenvalue weighted by Gasteiger charge is -2.20. The third-order valence-corrected chi connectivity index (χ3v) is 3.88. The lowest BCUT2D eigenvalue weighted by atomic mass is 9.95. The summed E-state index contributed by atoms with van der Waals surface area (Å²) >= 11 is 0. The quantitative estimate of drug-likeness (QED) is 0.867. The normalized spacial score (nSPS) is 29.7. The number of fused-ring (bicyclic) bond motifs is 2. The maximum absolute atomic E-state index is 5.85. The van der Waals surface area contributed by atoms with Crippen molar-refractivity contribution in [3.05, 3.63) is 29.8 Å². The standard InChI is InChI=1S/C15H21NO2/c1-2-17-12-5-3-4-11(8-12)10-16-14-9-13-6-7-15(14)18-13/h3-5,8,13-16H,2,6-7,9-10H2,1H3. The van der Waals surface area contributed by atoms with Crippen molar-refractivity contribution >= 4 is 0 Å². The Morgan fingerprint density at radius 2 is 2.33 bits per heavy atom. The van der Waals surface area contributed by atoms with Crippen molar-refractivity contribution in [3.8, 4) is 5.75 Å². The van der Waals surface area contributed by atoms with Crippen LogP contribution < -0.4 is 10.1 Å². The second-order valence-electron chi connectivity index (χ2n) is 5.18. The minimum absolute atomic E-state index is 0.449. The number of nitrogens with one attached hydrogen (secondary N) is 1. The van der Waals surface area contributed by atoms with Gasteiger partial charge in [-0.2, -0.15) is 0 Å². The Hall–Kier alpha value is -1.06. The van der Waals surface area contributed by atoms with Gasteiger partial charge < -0.3 is 14.8 Å². The zero-order valence-corrected chi connectivity index (χ0v) is 10.9. The maximum atomic E-state index is 5.85. The van der Waals surface area contributed by atoms with Crippen molar-refractivity contribution in [1.82, 2.24) is 5.32 Å². The molecular formula is C15H21NO2. The van der Waals surface area contributed by atoms with E-state index in [1.807, 2.05) is 13.0 Å². The van der Waals surface area contributed by atoms with Crippen LogP contribution in [0.15, 0.2) is 24.3 Å². The monoisotopic (exact) mass is 247 g/mol. The molecule has 3 atom stereocenters. The van der Waals surface area contributed by atoms with E-state index in [9.17, 15) is 0 Å². The van der Waals surface area contributed by atoms with E-state index in [4.69, 9.17) is 9.47 Å². The number of hydrogen-bond donors (Lipinski definition) is 1. The van der Waals surface area contributed by atoms with Crippen molar-refractivity contribution in [2.24, 2.45) is 0 Å². The average molecular weight is 247 g/mol. The first-order valence-electron chi connectivity index (χ1n) is 6.95. The molecule has 2 fully saturated rings. The molecule has 3 rings (SSSR count). The summed E-state index contributed by atoms with van der Waals surface area (Å²) in [6, 6.07) is 8.86. The van der Waals surface area contributed by atoms with Crippen molar-refractivity contribution < 1.29 is 9.47 Å². The minimum atomic E-state index is 0.449. The second-order valence-corrected chi connectivity index (χ2v) is 5.18. The van der Waals surface area contributed by atoms with E-state index in [1.165, 1.54) is 24.8 Å². The smallest absolute Gasteiger partial charge is 0.119 e. The van der Waals surface area contributed by atoms with Crippen LogP contribution in [0.5, 0.6) is 5.75 Å². The molecular weight excluding hydrogens is 226 g/mol. The molecule has 0 amide bonds. The van der Waals surface area contributed by atoms with Crippen molar-refractivity contribution in [2.45, 2.75) is 51.0 Å². The zero-order valence-electron chi connectivity index (χ0n) is 10.9. The van der Waals surface area contributed by atoms with E-state index in [2.05, 4.69) is 23.5 Å². The Kier molecular flexibility index (Phi) is 3.52. The Labute approximate surface area is 108 Å². The van der Waals surface area contributed by atoms with Gasteiger partial charge in [0.25, 0.3) is 0 Å². The summed E-state index contributed by atoms with van der Waals surface area (Å²) in [7, 11) is 0. The molecule has 2 saturated heterocycles. The van der Waals surface area contributed by atoms with Crippen LogP contribution in [0, 0.1) is 0 Å². The Balaban J connectivity index is 1.55. The molecule has 1 aromatic carbocycles. The third-order valence-electron chi connectivity index (χ3n) is 3.88. The highest BCUT2D eigenvalue weighted by atomic mass is 16.5. The first-order chi connectivity index (χ1) is 8.85. The van der Waals surface area contributed by atoms with Crippen LogP contribution >= 0.6 is 0 Å². The van der Waals surface area contributed by atoms with E-state index in [1.54, 1.807) is 0 Å². The van der Waals surface area contributed by atoms with Crippen LogP contribution in [0.4, 0.5) is 0 Å². The Morgan fingerprint density at radius 1 is 1.39 bits per heavy atom. The molecule has 3 nitrogen and oxygen atoms in total. The van der Waals surface area contributed by atoms with Gasteiger partial charge in [0.15, 0.2) is 0 Å². The first kappa shape index (κ1) is 12.0. The summed E-state index contributed by atoms with van der Waals surface area (Å²) in [5.41, 5.74) is 1.28. The van der Waals surface area contributed by atoms with Crippen LogP contribution in [0.1, 0.15) is 31.7 Å². The van der Waals surface area contributed by atoms with Gasteiger partial charge >= 0.3 is 0 Å². The van der Waals surface area contributed by atoms with Crippen molar-refractivity contribution in [1.29, 1.82) is 0 Å². The van der Waals surface area contributed by atoms with Crippen LogP contribution in [0.2, 0.25) is 0 Å². The molecule has 0 aliphatic carbocycles. The lowest BCUT2D eigenvalue weighted by molar-refractivity contribution is 0.0973. The maximum Gasteiger partial charge on any atom is 0.119 e. The van der Waals surface area contributed by atoms with Gasteiger partial charge in [-0.1, -0.05) is 12.1 Å². The van der Waals surface area contributed by atoms with Gasteiger partial charge in [-0.3, -0.25) is 0 Å². The first-order valence-corrected chi connectivity index (χ1v) is 6.95. The van der Waals surface area contributed by atoms with Crippen LogP contribution in [-0.2, 0) is 11.3 Å². The zero-order chi connectivity index (χ0) is 12.4. The van der Waals surface area contributed by atoms with Crippen molar-refractivity contribution in [3.63, 3.8) is 0 Å². The molecule has 2 bridgehead atoms. The van der Waals surface area contributed by atoms with E-state index in [0.717, 1.165) is 18.9 Å². The van der Waals surface area contributed by atoms with E-state index in [0.29, 0.717) is 18.2 Å². The number of rotatable bonds is 5. The highest BCUT2D eigenvalue weighted by Gasteiger charge is 2.40. The molecule has 0 saturated carbocycles. The molecule has 3 heteroatoms. The topological polar surface area (TPSA) is 30.5 Å². The summed E-state index contributed by atoms with van der Waals surface area (Å²) in [4.78, 5) is 0. The fourth-order valence-electron chi connectivity index (χ4n) is 3.01. The largest absolute Gasteiger partial charge is 0.494 e.